The minimum Gasteiger partial charge on any atom is -0.483 e. The van der Waals surface area contributed by atoms with Crippen LogP contribution in [0.4, 0.5) is 0 Å². The summed E-state index contributed by atoms with van der Waals surface area (Å²) in [6.07, 6.45) is 4.02. The third-order valence-electron chi connectivity index (χ3n) is 10.4. The number of benzene rings is 2. The molecule has 2 aromatic carbocycles. The van der Waals surface area contributed by atoms with Gasteiger partial charge in [0.05, 0.1) is 28.6 Å². The number of ether oxygens (including phenoxy) is 3. The SMILES string of the molecule is CC(=O)Oc1ccc2c3c1OC1C(N4C(=O)c5ccccc5C4=O)CC[C@@]4(OC(C)=O)[C@@H](C2)N(CC2CC2)CC[C@]314. The molecule has 1 spiro atoms. The van der Waals surface area contributed by atoms with Crippen LogP contribution in [-0.2, 0) is 26.2 Å². The van der Waals surface area contributed by atoms with Gasteiger partial charge in [0, 0.05) is 26.0 Å². The van der Waals surface area contributed by atoms with Gasteiger partial charge in [-0.15, -0.1) is 0 Å². The lowest BCUT2D eigenvalue weighted by Gasteiger charge is -2.65. The van der Waals surface area contributed by atoms with Gasteiger partial charge in [0.2, 0.25) is 0 Å². The summed E-state index contributed by atoms with van der Waals surface area (Å²) < 4.78 is 19.0. The normalized spacial score (nSPS) is 32.7. The van der Waals surface area contributed by atoms with Gasteiger partial charge < -0.3 is 14.2 Å². The molecule has 3 aliphatic heterocycles. The second-order valence-electron chi connectivity index (χ2n) is 12.6. The van der Waals surface area contributed by atoms with Gasteiger partial charge in [-0.1, -0.05) is 18.2 Å². The fourth-order valence-corrected chi connectivity index (χ4v) is 8.89. The molecule has 212 valence electrons. The van der Waals surface area contributed by atoms with E-state index in [9.17, 15) is 19.2 Å². The molecule has 2 aromatic rings. The molecule has 3 heterocycles. The first-order valence-electron chi connectivity index (χ1n) is 14.7. The van der Waals surface area contributed by atoms with E-state index in [4.69, 9.17) is 14.2 Å². The van der Waals surface area contributed by atoms with Crippen LogP contribution in [0.3, 0.4) is 0 Å². The minimum absolute atomic E-state index is 0.0620. The third kappa shape index (κ3) is 3.21. The summed E-state index contributed by atoms with van der Waals surface area (Å²) in [5.74, 6) is -0.0292. The van der Waals surface area contributed by atoms with Crippen molar-refractivity contribution < 1.29 is 33.4 Å². The Hall–Kier alpha value is -3.72. The van der Waals surface area contributed by atoms with Gasteiger partial charge >= 0.3 is 11.9 Å². The van der Waals surface area contributed by atoms with Gasteiger partial charge in [0.1, 0.15) is 11.7 Å². The predicted molar refractivity (Wildman–Crippen MR) is 145 cm³/mol. The number of amides is 2. The van der Waals surface area contributed by atoms with Crippen molar-refractivity contribution in [1.29, 1.82) is 0 Å². The van der Waals surface area contributed by atoms with E-state index in [1.54, 1.807) is 30.3 Å². The Morgan fingerprint density at radius 3 is 2.37 bits per heavy atom. The van der Waals surface area contributed by atoms with Crippen molar-refractivity contribution in [2.45, 2.75) is 81.6 Å². The van der Waals surface area contributed by atoms with E-state index in [-0.39, 0.29) is 23.8 Å². The summed E-state index contributed by atoms with van der Waals surface area (Å²) in [5, 5.41) is 0. The molecule has 0 aromatic heterocycles. The molecular formula is C32H32N2O7. The average Bonchev–Trinajstić information content (AvgIpc) is 3.63. The number of hydrogen-bond acceptors (Lipinski definition) is 8. The van der Waals surface area contributed by atoms with E-state index in [1.165, 1.54) is 31.6 Å². The lowest BCUT2D eigenvalue weighted by Crippen LogP contribution is -2.79. The molecule has 9 nitrogen and oxygen atoms in total. The summed E-state index contributed by atoms with van der Waals surface area (Å²) in [6, 6.07) is 10.0. The highest BCUT2D eigenvalue weighted by Gasteiger charge is 2.76. The van der Waals surface area contributed by atoms with Crippen molar-refractivity contribution in [2.75, 3.05) is 13.1 Å². The maximum atomic E-state index is 13.7. The molecule has 9 heteroatoms. The minimum atomic E-state index is -0.904. The summed E-state index contributed by atoms with van der Waals surface area (Å²) in [7, 11) is 0. The maximum Gasteiger partial charge on any atom is 0.308 e. The van der Waals surface area contributed by atoms with Crippen molar-refractivity contribution in [3.8, 4) is 11.5 Å². The van der Waals surface area contributed by atoms with Crippen LogP contribution in [-0.4, -0.2) is 70.4 Å². The number of nitrogens with zero attached hydrogens (tertiary/aromatic N) is 2. The van der Waals surface area contributed by atoms with Crippen LogP contribution in [0, 0.1) is 5.92 Å². The first-order valence-corrected chi connectivity index (χ1v) is 14.7. The summed E-state index contributed by atoms with van der Waals surface area (Å²) in [5.41, 5.74) is 1.06. The number of esters is 2. The lowest BCUT2D eigenvalue weighted by atomic mass is 9.48. The lowest BCUT2D eigenvalue weighted by molar-refractivity contribution is -0.221. The Bertz CT molecular complexity index is 1510. The molecule has 1 saturated heterocycles. The Labute approximate surface area is 237 Å². The van der Waals surface area contributed by atoms with Crippen molar-refractivity contribution in [2.24, 2.45) is 5.92 Å². The predicted octanol–water partition coefficient (Wildman–Crippen LogP) is 3.41. The molecule has 3 fully saturated rings. The highest BCUT2D eigenvalue weighted by molar-refractivity contribution is 6.21. The maximum absolute atomic E-state index is 13.7. The summed E-state index contributed by atoms with van der Waals surface area (Å²) in [4.78, 5) is 56.4. The van der Waals surface area contributed by atoms with E-state index in [2.05, 4.69) is 4.90 Å². The molecule has 5 atom stereocenters. The van der Waals surface area contributed by atoms with Gasteiger partial charge in [-0.2, -0.15) is 0 Å². The molecule has 0 radical (unpaired) electrons. The molecule has 3 aliphatic carbocycles. The van der Waals surface area contributed by atoms with Crippen LogP contribution in [0.5, 0.6) is 11.5 Å². The van der Waals surface area contributed by atoms with Crippen molar-refractivity contribution in [1.82, 2.24) is 9.80 Å². The zero-order valence-electron chi connectivity index (χ0n) is 23.2. The van der Waals surface area contributed by atoms with Gasteiger partial charge in [0.25, 0.3) is 11.8 Å². The van der Waals surface area contributed by atoms with Gasteiger partial charge in [0.15, 0.2) is 11.5 Å². The Kier molecular flexibility index (Phi) is 5.13. The highest BCUT2D eigenvalue weighted by atomic mass is 16.6. The number of fused-ring (bicyclic) bond motifs is 1. The Morgan fingerprint density at radius 2 is 1.71 bits per heavy atom. The molecule has 8 rings (SSSR count). The van der Waals surface area contributed by atoms with Crippen LogP contribution >= 0.6 is 0 Å². The molecule has 41 heavy (non-hydrogen) atoms. The number of rotatable bonds is 5. The topological polar surface area (TPSA) is 102 Å². The molecule has 2 bridgehead atoms. The number of imide groups is 1. The fourth-order valence-electron chi connectivity index (χ4n) is 8.89. The van der Waals surface area contributed by atoms with Crippen LogP contribution in [0.2, 0.25) is 0 Å². The Morgan fingerprint density at radius 1 is 0.976 bits per heavy atom. The van der Waals surface area contributed by atoms with Crippen molar-refractivity contribution in [3.63, 3.8) is 0 Å². The quantitative estimate of drug-likeness (QED) is 0.314. The molecule has 0 N–H and O–H groups in total. The monoisotopic (exact) mass is 556 g/mol. The highest BCUT2D eigenvalue weighted by Crippen LogP contribution is 2.67. The van der Waals surface area contributed by atoms with E-state index < -0.39 is 29.1 Å². The van der Waals surface area contributed by atoms with Crippen LogP contribution in [0.25, 0.3) is 0 Å². The zero-order valence-corrected chi connectivity index (χ0v) is 23.2. The molecule has 6 aliphatic rings. The van der Waals surface area contributed by atoms with Gasteiger partial charge in [-0.05, 0) is 74.8 Å². The number of hydrogen-bond donors (Lipinski definition) is 0. The van der Waals surface area contributed by atoms with E-state index in [0.717, 1.165) is 24.2 Å². The first-order chi connectivity index (χ1) is 19.7. The Balaban J connectivity index is 1.32. The van der Waals surface area contributed by atoms with E-state index >= 15 is 0 Å². The molecular weight excluding hydrogens is 524 g/mol. The first kappa shape index (κ1) is 25.0. The average molecular weight is 557 g/mol. The summed E-state index contributed by atoms with van der Waals surface area (Å²) in [6.45, 7) is 4.56. The zero-order chi connectivity index (χ0) is 28.3. The number of carbonyl (C=O) groups excluding carboxylic acids is 4. The molecule has 2 saturated carbocycles. The standard InChI is InChI=1S/C32H32N2O7/c1-17(35)39-24-10-9-20-15-25-32(41-18(2)36)12-11-23(34-29(37)21-5-3-4-6-22(21)30(34)38)28-31(32,26(20)27(24)40-28)13-14-33(25)16-19-7-8-19/h3-6,9-10,19,23,25,28H,7-8,11-16H2,1-2H3/t23?,25-,28?,31+,32-/m1/s1. The fraction of sp³-hybridized carbons (Fsp3) is 0.500. The van der Waals surface area contributed by atoms with Crippen molar-refractivity contribution in [3.05, 3.63) is 58.7 Å². The second kappa shape index (κ2) is 8.41. The molecule has 2 unspecified atom stereocenters. The summed E-state index contributed by atoms with van der Waals surface area (Å²) >= 11 is 0. The van der Waals surface area contributed by atoms with Crippen LogP contribution in [0.1, 0.15) is 77.8 Å². The smallest absolute Gasteiger partial charge is 0.308 e. The van der Waals surface area contributed by atoms with Crippen molar-refractivity contribution >= 4 is 23.8 Å². The van der Waals surface area contributed by atoms with E-state index in [0.29, 0.717) is 54.2 Å². The third-order valence-corrected chi connectivity index (χ3v) is 10.4. The number of carbonyl (C=O) groups is 4. The number of likely N-dealkylation sites (tertiary alicyclic amines) is 1. The number of piperidine rings is 1. The molecule has 2 amide bonds. The van der Waals surface area contributed by atoms with Gasteiger partial charge in [-0.25, -0.2) is 0 Å². The van der Waals surface area contributed by atoms with E-state index in [1.807, 2.05) is 6.07 Å². The van der Waals surface area contributed by atoms with Gasteiger partial charge in [-0.3, -0.25) is 29.0 Å². The van der Waals surface area contributed by atoms with Crippen LogP contribution < -0.4 is 9.47 Å². The largest absolute Gasteiger partial charge is 0.483 e. The second-order valence-corrected chi connectivity index (χ2v) is 12.6. The van der Waals surface area contributed by atoms with Crippen LogP contribution in [0.15, 0.2) is 36.4 Å².